The van der Waals surface area contributed by atoms with Gasteiger partial charge >= 0.3 is 0 Å². The van der Waals surface area contributed by atoms with Gasteiger partial charge in [-0.05, 0) is 18.6 Å². The van der Waals surface area contributed by atoms with Crippen molar-refractivity contribution in [1.82, 2.24) is 15.3 Å². The lowest BCUT2D eigenvalue weighted by molar-refractivity contribution is 0.0925. The molecule has 0 aliphatic heterocycles. The number of aromatic nitrogens is 2. The van der Waals surface area contributed by atoms with Crippen molar-refractivity contribution in [1.29, 1.82) is 0 Å². The molecule has 0 radical (unpaired) electrons. The Kier molecular flexibility index (Phi) is 3.96. The molecule has 0 bridgehead atoms. The Bertz CT molecular complexity index is 779. The van der Waals surface area contributed by atoms with Crippen LogP contribution >= 0.6 is 11.6 Å². The Labute approximate surface area is 135 Å². The Balaban J connectivity index is 1.75. The number of amides is 2. The molecule has 8 heteroatoms. The SMILES string of the molecule is NC(=O)c1nccnc1C(=O)N[C@H]1C[C@@H]1c1c(F)cccc1Cl. The van der Waals surface area contributed by atoms with E-state index in [1.807, 2.05) is 0 Å². The first-order valence-corrected chi connectivity index (χ1v) is 7.22. The van der Waals surface area contributed by atoms with E-state index in [4.69, 9.17) is 17.3 Å². The zero-order valence-corrected chi connectivity index (χ0v) is 12.5. The minimum atomic E-state index is -0.840. The minimum absolute atomic E-state index is 0.148. The third-order valence-electron chi connectivity index (χ3n) is 3.62. The summed E-state index contributed by atoms with van der Waals surface area (Å²) in [5.74, 6) is -2.03. The van der Waals surface area contributed by atoms with Gasteiger partial charge in [-0.2, -0.15) is 0 Å². The molecule has 23 heavy (non-hydrogen) atoms. The summed E-state index contributed by atoms with van der Waals surface area (Å²) in [5.41, 5.74) is 5.20. The number of nitrogens with one attached hydrogen (secondary N) is 1. The molecule has 1 aliphatic rings. The molecule has 118 valence electrons. The Morgan fingerprint density at radius 2 is 1.96 bits per heavy atom. The number of hydrogen-bond acceptors (Lipinski definition) is 4. The monoisotopic (exact) mass is 334 g/mol. The smallest absolute Gasteiger partial charge is 0.272 e. The van der Waals surface area contributed by atoms with Gasteiger partial charge in [-0.1, -0.05) is 17.7 Å². The maximum absolute atomic E-state index is 13.9. The van der Waals surface area contributed by atoms with Gasteiger partial charge in [0.05, 0.1) is 0 Å². The summed E-state index contributed by atoms with van der Waals surface area (Å²) in [6.45, 7) is 0. The largest absolute Gasteiger partial charge is 0.364 e. The fraction of sp³-hybridized carbons (Fsp3) is 0.200. The molecule has 1 aromatic carbocycles. The van der Waals surface area contributed by atoms with Crippen molar-refractivity contribution in [2.75, 3.05) is 0 Å². The molecule has 1 aromatic heterocycles. The first-order chi connectivity index (χ1) is 11.0. The third kappa shape index (κ3) is 3.00. The minimum Gasteiger partial charge on any atom is -0.364 e. The molecular formula is C15H12ClFN4O2. The molecule has 6 nitrogen and oxygen atoms in total. The van der Waals surface area contributed by atoms with Gasteiger partial charge in [-0.15, -0.1) is 0 Å². The van der Waals surface area contributed by atoms with Crippen LogP contribution in [0.5, 0.6) is 0 Å². The van der Waals surface area contributed by atoms with E-state index < -0.39 is 17.6 Å². The second-order valence-corrected chi connectivity index (χ2v) is 5.58. The standard InChI is InChI=1S/C15H12ClFN4O2/c16-8-2-1-3-9(17)11(8)7-6-10(7)21-15(23)13-12(14(18)22)19-4-5-20-13/h1-5,7,10H,6H2,(H2,18,22)(H,21,23)/t7-,10-/m0/s1. The van der Waals surface area contributed by atoms with Gasteiger partial charge in [0, 0.05) is 34.9 Å². The van der Waals surface area contributed by atoms with Crippen LogP contribution < -0.4 is 11.1 Å². The summed E-state index contributed by atoms with van der Waals surface area (Å²) in [6.07, 6.45) is 3.12. The Morgan fingerprint density at radius 1 is 1.26 bits per heavy atom. The normalized spacial score (nSPS) is 19.2. The molecule has 0 saturated heterocycles. The summed E-state index contributed by atoms with van der Waals surface area (Å²) in [7, 11) is 0. The average Bonchev–Trinajstić information content (AvgIpc) is 3.25. The van der Waals surface area contributed by atoms with E-state index in [9.17, 15) is 14.0 Å². The van der Waals surface area contributed by atoms with Gasteiger partial charge in [-0.25, -0.2) is 14.4 Å². The van der Waals surface area contributed by atoms with E-state index in [1.54, 1.807) is 6.07 Å². The first kappa shape index (κ1) is 15.4. The molecule has 1 heterocycles. The van der Waals surface area contributed by atoms with E-state index >= 15 is 0 Å². The second-order valence-electron chi connectivity index (χ2n) is 5.18. The van der Waals surface area contributed by atoms with Crippen LogP contribution in [0.4, 0.5) is 4.39 Å². The van der Waals surface area contributed by atoms with E-state index in [0.717, 1.165) is 0 Å². The number of rotatable bonds is 4. The molecule has 2 atom stereocenters. The van der Waals surface area contributed by atoms with Crippen LogP contribution in [0, 0.1) is 5.82 Å². The molecule has 1 fully saturated rings. The fourth-order valence-corrected chi connectivity index (χ4v) is 2.76. The zero-order valence-electron chi connectivity index (χ0n) is 11.8. The highest BCUT2D eigenvalue weighted by Gasteiger charge is 2.42. The quantitative estimate of drug-likeness (QED) is 0.888. The molecule has 1 saturated carbocycles. The van der Waals surface area contributed by atoms with Crippen LogP contribution in [0.1, 0.15) is 38.9 Å². The van der Waals surface area contributed by atoms with Crippen LogP contribution in [0.25, 0.3) is 0 Å². The number of carbonyl (C=O) groups excluding carboxylic acids is 2. The predicted octanol–water partition coefficient (Wildman–Crippen LogP) is 1.65. The van der Waals surface area contributed by atoms with Gasteiger partial charge in [-0.3, -0.25) is 9.59 Å². The van der Waals surface area contributed by atoms with Crippen molar-refractivity contribution in [3.63, 3.8) is 0 Å². The van der Waals surface area contributed by atoms with Crippen LogP contribution in [-0.2, 0) is 0 Å². The van der Waals surface area contributed by atoms with Crippen LogP contribution in [0.2, 0.25) is 5.02 Å². The van der Waals surface area contributed by atoms with Crippen LogP contribution in [0.15, 0.2) is 30.6 Å². The maximum Gasteiger partial charge on any atom is 0.272 e. The number of benzene rings is 1. The molecular weight excluding hydrogens is 323 g/mol. The first-order valence-electron chi connectivity index (χ1n) is 6.84. The zero-order chi connectivity index (χ0) is 16.6. The van der Waals surface area contributed by atoms with Crippen molar-refractivity contribution in [3.8, 4) is 0 Å². The lowest BCUT2D eigenvalue weighted by Gasteiger charge is -2.08. The molecule has 2 amide bonds. The summed E-state index contributed by atoms with van der Waals surface area (Å²) in [5, 5.41) is 3.02. The number of carbonyl (C=O) groups is 2. The predicted molar refractivity (Wildman–Crippen MR) is 80.6 cm³/mol. The van der Waals surface area contributed by atoms with Crippen molar-refractivity contribution in [2.45, 2.75) is 18.4 Å². The van der Waals surface area contributed by atoms with E-state index in [0.29, 0.717) is 17.0 Å². The van der Waals surface area contributed by atoms with Gasteiger partial charge in [0.2, 0.25) is 0 Å². The number of nitrogens with two attached hydrogens (primary N) is 1. The van der Waals surface area contributed by atoms with Gasteiger partial charge < -0.3 is 11.1 Å². The molecule has 0 spiro atoms. The van der Waals surface area contributed by atoms with Crippen molar-refractivity contribution >= 4 is 23.4 Å². The van der Waals surface area contributed by atoms with Crippen molar-refractivity contribution < 1.29 is 14.0 Å². The highest BCUT2D eigenvalue weighted by Crippen LogP contribution is 2.44. The second kappa shape index (κ2) is 5.92. The van der Waals surface area contributed by atoms with Crippen molar-refractivity contribution in [3.05, 3.63) is 58.4 Å². The molecule has 2 aromatic rings. The molecule has 1 aliphatic carbocycles. The summed E-state index contributed by atoms with van der Waals surface area (Å²) < 4.78 is 13.9. The van der Waals surface area contributed by atoms with Crippen LogP contribution in [0.3, 0.4) is 0 Å². The van der Waals surface area contributed by atoms with Crippen molar-refractivity contribution in [2.24, 2.45) is 5.73 Å². The number of halogens is 2. The molecule has 0 unspecified atom stereocenters. The Hall–Kier alpha value is -2.54. The summed E-state index contributed by atoms with van der Waals surface area (Å²) in [4.78, 5) is 31.1. The topological polar surface area (TPSA) is 98.0 Å². The summed E-state index contributed by atoms with van der Waals surface area (Å²) >= 11 is 6.01. The highest BCUT2D eigenvalue weighted by atomic mass is 35.5. The van der Waals surface area contributed by atoms with Gasteiger partial charge in [0.1, 0.15) is 5.82 Å². The average molecular weight is 335 g/mol. The summed E-state index contributed by atoms with van der Waals surface area (Å²) in [6, 6.07) is 4.17. The van der Waals surface area contributed by atoms with E-state index in [2.05, 4.69) is 15.3 Å². The van der Waals surface area contributed by atoms with Gasteiger partial charge in [0.15, 0.2) is 11.4 Å². The molecule has 3 N–H and O–H groups in total. The Morgan fingerprint density at radius 3 is 2.61 bits per heavy atom. The lowest BCUT2D eigenvalue weighted by atomic mass is 10.1. The highest BCUT2D eigenvalue weighted by molar-refractivity contribution is 6.31. The number of primary amides is 1. The van der Waals surface area contributed by atoms with Crippen LogP contribution in [-0.4, -0.2) is 27.8 Å². The van der Waals surface area contributed by atoms with Gasteiger partial charge in [0.25, 0.3) is 11.8 Å². The molecule has 3 rings (SSSR count). The maximum atomic E-state index is 13.9. The number of nitrogens with zero attached hydrogens (tertiary/aromatic N) is 2. The third-order valence-corrected chi connectivity index (χ3v) is 3.95. The van der Waals surface area contributed by atoms with E-state index in [1.165, 1.54) is 24.5 Å². The lowest BCUT2D eigenvalue weighted by Crippen LogP contribution is -2.31. The van der Waals surface area contributed by atoms with E-state index in [-0.39, 0.29) is 23.3 Å². The fourth-order valence-electron chi connectivity index (χ4n) is 2.46. The number of hydrogen-bond donors (Lipinski definition) is 2.